The van der Waals surface area contributed by atoms with Crippen LogP contribution in [0.5, 0.6) is 0 Å². The molecular formula is C13H22O5. The first-order valence-corrected chi connectivity index (χ1v) is 6.17. The van der Waals surface area contributed by atoms with Gasteiger partial charge in [0.05, 0.1) is 6.61 Å². The standard InChI is InChI=1S/C13H22O5/c1-5-7-8-11(18-13(15)16-6-2)9-17-12(14)10(3)4/h11H,3,5-9H2,1-2,4H3. The summed E-state index contributed by atoms with van der Waals surface area (Å²) >= 11 is 0. The first kappa shape index (κ1) is 16.5. The number of unbranched alkanes of at least 4 members (excludes halogenated alkanes) is 1. The maximum absolute atomic E-state index is 11.2. The molecule has 0 aromatic carbocycles. The van der Waals surface area contributed by atoms with E-state index < -0.39 is 18.2 Å². The molecule has 0 saturated heterocycles. The van der Waals surface area contributed by atoms with Crippen molar-refractivity contribution in [3.63, 3.8) is 0 Å². The van der Waals surface area contributed by atoms with E-state index in [1.54, 1.807) is 13.8 Å². The third-order valence-corrected chi connectivity index (χ3v) is 2.15. The highest BCUT2D eigenvalue weighted by atomic mass is 16.7. The molecular weight excluding hydrogens is 236 g/mol. The third kappa shape index (κ3) is 7.70. The molecule has 0 radical (unpaired) electrons. The van der Waals surface area contributed by atoms with Gasteiger partial charge in [0.25, 0.3) is 0 Å². The zero-order valence-electron chi connectivity index (χ0n) is 11.4. The fraction of sp³-hybridized carbons (Fsp3) is 0.692. The Morgan fingerprint density at radius 3 is 2.39 bits per heavy atom. The van der Waals surface area contributed by atoms with Gasteiger partial charge < -0.3 is 14.2 Å². The zero-order chi connectivity index (χ0) is 14.0. The monoisotopic (exact) mass is 258 g/mol. The summed E-state index contributed by atoms with van der Waals surface area (Å²) in [5.41, 5.74) is 0.320. The molecule has 0 bridgehead atoms. The van der Waals surface area contributed by atoms with Crippen molar-refractivity contribution in [3.05, 3.63) is 12.2 Å². The SMILES string of the molecule is C=C(C)C(=O)OCC(CCCC)OC(=O)OCC. The van der Waals surface area contributed by atoms with E-state index in [0.29, 0.717) is 12.0 Å². The first-order valence-electron chi connectivity index (χ1n) is 6.17. The molecule has 5 heteroatoms. The Labute approximate surface area is 108 Å². The van der Waals surface area contributed by atoms with Gasteiger partial charge in [0, 0.05) is 5.57 Å². The summed E-state index contributed by atoms with van der Waals surface area (Å²) in [6, 6.07) is 0. The van der Waals surface area contributed by atoms with Gasteiger partial charge in [0.15, 0.2) is 0 Å². The number of rotatable bonds is 8. The molecule has 0 amide bonds. The smallest absolute Gasteiger partial charge is 0.458 e. The minimum absolute atomic E-state index is 0.0322. The van der Waals surface area contributed by atoms with E-state index >= 15 is 0 Å². The molecule has 1 atom stereocenters. The van der Waals surface area contributed by atoms with Gasteiger partial charge in [-0.3, -0.25) is 0 Å². The van der Waals surface area contributed by atoms with Crippen LogP contribution in [0.3, 0.4) is 0 Å². The molecule has 0 aliphatic heterocycles. The van der Waals surface area contributed by atoms with Crippen LogP contribution in [0, 0.1) is 0 Å². The molecule has 0 aliphatic carbocycles. The average Bonchev–Trinajstić information content (AvgIpc) is 2.32. The van der Waals surface area contributed by atoms with Crippen molar-refractivity contribution in [2.45, 2.75) is 46.1 Å². The molecule has 0 spiro atoms. The van der Waals surface area contributed by atoms with E-state index in [4.69, 9.17) is 9.47 Å². The second-order valence-electron chi connectivity index (χ2n) is 3.94. The topological polar surface area (TPSA) is 61.8 Å². The van der Waals surface area contributed by atoms with Gasteiger partial charge in [-0.2, -0.15) is 0 Å². The fourth-order valence-corrected chi connectivity index (χ4v) is 1.19. The normalized spacial score (nSPS) is 11.5. The van der Waals surface area contributed by atoms with Gasteiger partial charge in [-0.15, -0.1) is 0 Å². The van der Waals surface area contributed by atoms with Crippen LogP contribution in [0.2, 0.25) is 0 Å². The molecule has 0 fully saturated rings. The van der Waals surface area contributed by atoms with Crippen molar-refractivity contribution in [2.24, 2.45) is 0 Å². The average molecular weight is 258 g/mol. The zero-order valence-corrected chi connectivity index (χ0v) is 11.4. The molecule has 18 heavy (non-hydrogen) atoms. The lowest BCUT2D eigenvalue weighted by Crippen LogP contribution is -2.26. The molecule has 0 saturated carbocycles. The van der Waals surface area contributed by atoms with Gasteiger partial charge in [0.1, 0.15) is 12.7 Å². The van der Waals surface area contributed by atoms with Crippen molar-refractivity contribution in [1.82, 2.24) is 0 Å². The minimum Gasteiger partial charge on any atom is -0.458 e. The quantitative estimate of drug-likeness (QED) is 0.495. The number of ether oxygens (including phenoxy) is 3. The van der Waals surface area contributed by atoms with Crippen LogP contribution < -0.4 is 0 Å². The summed E-state index contributed by atoms with van der Waals surface area (Å²) in [6.07, 6.45) is 1.29. The maximum atomic E-state index is 11.2. The predicted octanol–water partition coefficient (Wildman–Crippen LogP) is 2.84. The molecule has 0 aromatic rings. The molecule has 1 unspecified atom stereocenters. The number of hydrogen-bond acceptors (Lipinski definition) is 5. The Morgan fingerprint density at radius 1 is 1.22 bits per heavy atom. The van der Waals surface area contributed by atoms with Crippen molar-refractivity contribution < 1.29 is 23.8 Å². The second kappa shape index (κ2) is 9.50. The van der Waals surface area contributed by atoms with Gasteiger partial charge >= 0.3 is 12.1 Å². The molecule has 0 N–H and O–H groups in total. The van der Waals surface area contributed by atoms with Crippen molar-refractivity contribution in [1.29, 1.82) is 0 Å². The third-order valence-electron chi connectivity index (χ3n) is 2.15. The van der Waals surface area contributed by atoms with E-state index in [1.807, 2.05) is 6.92 Å². The van der Waals surface area contributed by atoms with Crippen molar-refractivity contribution >= 4 is 12.1 Å². The highest BCUT2D eigenvalue weighted by Gasteiger charge is 2.17. The highest BCUT2D eigenvalue weighted by molar-refractivity contribution is 5.86. The predicted molar refractivity (Wildman–Crippen MR) is 67.2 cm³/mol. The van der Waals surface area contributed by atoms with Crippen LogP contribution in [0.15, 0.2) is 12.2 Å². The lowest BCUT2D eigenvalue weighted by molar-refractivity contribution is -0.142. The number of esters is 1. The number of carbonyl (C=O) groups is 2. The summed E-state index contributed by atoms with van der Waals surface area (Å²) in [4.78, 5) is 22.4. The highest BCUT2D eigenvalue weighted by Crippen LogP contribution is 2.08. The molecule has 5 nitrogen and oxygen atoms in total. The molecule has 0 rings (SSSR count). The summed E-state index contributed by atoms with van der Waals surface area (Å²) in [7, 11) is 0. The van der Waals surface area contributed by atoms with Crippen LogP contribution in [0.25, 0.3) is 0 Å². The van der Waals surface area contributed by atoms with Gasteiger partial charge in [-0.05, 0) is 26.7 Å². The molecule has 0 heterocycles. The fourth-order valence-electron chi connectivity index (χ4n) is 1.19. The Morgan fingerprint density at radius 2 is 1.89 bits per heavy atom. The van der Waals surface area contributed by atoms with Crippen LogP contribution >= 0.6 is 0 Å². The Hall–Kier alpha value is -1.52. The largest absolute Gasteiger partial charge is 0.508 e. The van der Waals surface area contributed by atoms with E-state index in [2.05, 4.69) is 11.3 Å². The maximum Gasteiger partial charge on any atom is 0.508 e. The Balaban J connectivity index is 4.17. The Kier molecular flexibility index (Phi) is 8.70. The van der Waals surface area contributed by atoms with Gasteiger partial charge in [-0.25, -0.2) is 9.59 Å². The molecule has 0 aliphatic rings. The van der Waals surface area contributed by atoms with E-state index in [9.17, 15) is 9.59 Å². The number of carbonyl (C=O) groups excluding carboxylic acids is 2. The molecule has 104 valence electrons. The summed E-state index contributed by atoms with van der Waals surface area (Å²) < 4.78 is 14.7. The van der Waals surface area contributed by atoms with Crippen molar-refractivity contribution in [2.75, 3.05) is 13.2 Å². The van der Waals surface area contributed by atoms with Gasteiger partial charge in [-0.1, -0.05) is 19.9 Å². The number of hydrogen-bond donors (Lipinski definition) is 0. The minimum atomic E-state index is -0.732. The van der Waals surface area contributed by atoms with Gasteiger partial charge in [0.2, 0.25) is 0 Å². The van der Waals surface area contributed by atoms with E-state index in [0.717, 1.165) is 12.8 Å². The van der Waals surface area contributed by atoms with E-state index in [-0.39, 0.29) is 13.2 Å². The summed E-state index contributed by atoms with van der Waals surface area (Å²) in [5.74, 6) is -0.482. The lowest BCUT2D eigenvalue weighted by atomic mass is 10.2. The summed E-state index contributed by atoms with van der Waals surface area (Å²) in [6.45, 7) is 9.06. The summed E-state index contributed by atoms with van der Waals surface area (Å²) in [5, 5.41) is 0. The van der Waals surface area contributed by atoms with E-state index in [1.165, 1.54) is 0 Å². The second-order valence-corrected chi connectivity index (χ2v) is 3.94. The lowest BCUT2D eigenvalue weighted by Gasteiger charge is -2.17. The molecule has 0 aromatic heterocycles. The Bertz CT molecular complexity index is 285. The van der Waals surface area contributed by atoms with Crippen LogP contribution in [-0.4, -0.2) is 31.4 Å². The van der Waals surface area contributed by atoms with Crippen LogP contribution in [0.1, 0.15) is 40.0 Å². The van der Waals surface area contributed by atoms with Crippen LogP contribution in [-0.2, 0) is 19.0 Å². The van der Waals surface area contributed by atoms with Crippen molar-refractivity contribution in [3.8, 4) is 0 Å². The first-order chi connectivity index (χ1) is 8.51. The van der Waals surface area contributed by atoms with Crippen LogP contribution in [0.4, 0.5) is 4.79 Å².